The van der Waals surface area contributed by atoms with Crippen LogP contribution in [0.5, 0.6) is 17.2 Å². The predicted molar refractivity (Wildman–Crippen MR) is 110 cm³/mol. The molecular weight excluding hydrogens is 342 g/mol. The zero-order valence-electron chi connectivity index (χ0n) is 17.4. The minimum absolute atomic E-state index is 0.605. The Kier molecular flexibility index (Phi) is 8.55. The fourth-order valence-corrected chi connectivity index (χ4v) is 3.86. The molecule has 0 amide bonds. The lowest BCUT2D eigenvalue weighted by molar-refractivity contribution is 0.270. The highest BCUT2D eigenvalue weighted by atomic mass is 16.5. The van der Waals surface area contributed by atoms with Gasteiger partial charge in [-0.05, 0) is 42.4 Å². The maximum atomic E-state index is 5.41. The molecule has 0 bridgehead atoms. The van der Waals surface area contributed by atoms with Gasteiger partial charge < -0.3 is 24.8 Å². The first kappa shape index (κ1) is 21.2. The summed E-state index contributed by atoms with van der Waals surface area (Å²) in [6.07, 6.45) is 6.69. The zero-order chi connectivity index (χ0) is 19.6. The van der Waals surface area contributed by atoms with Crippen molar-refractivity contribution in [3.8, 4) is 17.2 Å². The summed E-state index contributed by atoms with van der Waals surface area (Å²) in [5, 5.41) is 6.79. The van der Waals surface area contributed by atoms with E-state index in [1.165, 1.54) is 32.1 Å². The number of guanidine groups is 1. The molecule has 0 saturated heterocycles. The van der Waals surface area contributed by atoms with Crippen molar-refractivity contribution in [3.05, 3.63) is 17.7 Å². The van der Waals surface area contributed by atoms with E-state index in [1.807, 2.05) is 12.1 Å². The smallest absolute Gasteiger partial charge is 0.203 e. The van der Waals surface area contributed by atoms with Crippen molar-refractivity contribution >= 4 is 5.96 Å². The number of hydrogen-bond donors (Lipinski definition) is 2. The van der Waals surface area contributed by atoms with Gasteiger partial charge in [0.2, 0.25) is 5.75 Å². The van der Waals surface area contributed by atoms with E-state index in [-0.39, 0.29) is 0 Å². The van der Waals surface area contributed by atoms with E-state index in [1.54, 1.807) is 28.4 Å². The highest BCUT2D eigenvalue weighted by Gasteiger charge is 2.18. The summed E-state index contributed by atoms with van der Waals surface area (Å²) in [4.78, 5) is 4.33. The summed E-state index contributed by atoms with van der Waals surface area (Å²) in [7, 11) is 6.66. The molecule has 0 aromatic heterocycles. The second-order valence-corrected chi connectivity index (χ2v) is 7.31. The molecule has 1 aliphatic rings. The molecule has 0 aliphatic heterocycles. The van der Waals surface area contributed by atoms with Crippen molar-refractivity contribution < 1.29 is 14.2 Å². The molecule has 6 heteroatoms. The largest absolute Gasteiger partial charge is 0.493 e. The second kappa shape index (κ2) is 10.9. The van der Waals surface area contributed by atoms with E-state index >= 15 is 0 Å². The van der Waals surface area contributed by atoms with Gasteiger partial charge in [0.15, 0.2) is 17.5 Å². The van der Waals surface area contributed by atoms with E-state index in [9.17, 15) is 0 Å². The fraction of sp³-hybridized carbons (Fsp3) is 0.667. The van der Waals surface area contributed by atoms with Crippen molar-refractivity contribution in [3.63, 3.8) is 0 Å². The van der Waals surface area contributed by atoms with Gasteiger partial charge in [-0.15, -0.1) is 0 Å². The highest BCUT2D eigenvalue weighted by Crippen LogP contribution is 2.38. The van der Waals surface area contributed by atoms with Crippen molar-refractivity contribution in [1.29, 1.82) is 0 Å². The molecule has 1 aromatic carbocycles. The summed E-state index contributed by atoms with van der Waals surface area (Å²) >= 11 is 0. The van der Waals surface area contributed by atoms with Crippen molar-refractivity contribution in [1.82, 2.24) is 10.6 Å². The van der Waals surface area contributed by atoms with Gasteiger partial charge in [-0.3, -0.25) is 4.99 Å². The predicted octanol–water partition coefficient (Wildman–Crippen LogP) is 3.59. The molecule has 152 valence electrons. The molecule has 2 N–H and O–H groups in total. The monoisotopic (exact) mass is 377 g/mol. The minimum atomic E-state index is 0.605. The lowest BCUT2D eigenvalue weighted by Crippen LogP contribution is -2.38. The Balaban J connectivity index is 1.86. The van der Waals surface area contributed by atoms with Crippen molar-refractivity contribution in [2.75, 3.05) is 34.9 Å². The minimum Gasteiger partial charge on any atom is -0.493 e. The Morgan fingerprint density at radius 2 is 1.78 bits per heavy atom. The summed E-state index contributed by atoms with van der Waals surface area (Å²) < 4.78 is 16.2. The molecule has 0 radical (unpaired) electrons. The maximum absolute atomic E-state index is 5.41. The molecule has 1 aromatic rings. The quantitative estimate of drug-likeness (QED) is 0.535. The van der Waals surface area contributed by atoms with Crippen molar-refractivity contribution in [2.45, 2.75) is 45.6 Å². The number of aliphatic imine (C=N–C) groups is 1. The number of benzene rings is 1. The third kappa shape index (κ3) is 6.22. The molecule has 1 saturated carbocycles. The van der Waals surface area contributed by atoms with Crippen LogP contribution in [-0.2, 0) is 6.54 Å². The average Bonchev–Trinajstić information content (AvgIpc) is 2.69. The Morgan fingerprint density at radius 1 is 1.07 bits per heavy atom. The zero-order valence-corrected chi connectivity index (χ0v) is 17.4. The van der Waals surface area contributed by atoms with Crippen LogP contribution in [0.4, 0.5) is 0 Å². The lowest BCUT2D eigenvalue weighted by Gasteiger charge is -2.26. The van der Waals surface area contributed by atoms with Crippen LogP contribution in [0.1, 0.15) is 44.6 Å². The van der Waals surface area contributed by atoms with Crippen LogP contribution in [0.2, 0.25) is 0 Å². The van der Waals surface area contributed by atoms with Gasteiger partial charge >= 0.3 is 0 Å². The number of ether oxygens (including phenoxy) is 3. The Morgan fingerprint density at radius 3 is 2.33 bits per heavy atom. The van der Waals surface area contributed by atoms with Crippen LogP contribution in [0.3, 0.4) is 0 Å². The topological polar surface area (TPSA) is 64.1 Å². The van der Waals surface area contributed by atoms with Crippen LogP contribution in [0.25, 0.3) is 0 Å². The van der Waals surface area contributed by atoms with Gasteiger partial charge in [0.25, 0.3) is 0 Å². The lowest BCUT2D eigenvalue weighted by atomic mass is 9.81. The second-order valence-electron chi connectivity index (χ2n) is 7.31. The number of methoxy groups -OCH3 is 3. The SMILES string of the molecule is CN=C(NCCC1CCCC(C)C1)NCc1cc(OC)c(OC)c(OC)c1. The van der Waals surface area contributed by atoms with E-state index in [0.29, 0.717) is 23.8 Å². The average molecular weight is 378 g/mol. The number of hydrogen-bond acceptors (Lipinski definition) is 4. The van der Waals surface area contributed by atoms with Gasteiger partial charge in [0.1, 0.15) is 0 Å². The molecule has 2 unspecified atom stereocenters. The molecule has 1 fully saturated rings. The van der Waals surface area contributed by atoms with E-state index < -0.39 is 0 Å². The number of nitrogens with zero attached hydrogens (tertiary/aromatic N) is 1. The van der Waals surface area contributed by atoms with Crippen molar-refractivity contribution in [2.24, 2.45) is 16.8 Å². The van der Waals surface area contributed by atoms with E-state index in [4.69, 9.17) is 14.2 Å². The van der Waals surface area contributed by atoms with Crippen LogP contribution < -0.4 is 24.8 Å². The van der Waals surface area contributed by atoms with Gasteiger partial charge in [0.05, 0.1) is 21.3 Å². The van der Waals surface area contributed by atoms with Gasteiger partial charge in [-0.2, -0.15) is 0 Å². The van der Waals surface area contributed by atoms with Crippen LogP contribution in [-0.4, -0.2) is 40.9 Å². The Hall–Kier alpha value is -2.11. The standard InChI is InChI=1S/C21H35N3O3/c1-15-7-6-8-16(11-15)9-10-23-21(22-2)24-14-17-12-18(25-3)20(27-5)19(13-17)26-4/h12-13,15-16H,6-11,14H2,1-5H3,(H2,22,23,24). The normalized spacial score (nSPS) is 20.1. The van der Waals surface area contributed by atoms with Crippen LogP contribution in [0.15, 0.2) is 17.1 Å². The molecule has 1 aliphatic carbocycles. The van der Waals surface area contributed by atoms with Gasteiger partial charge in [0, 0.05) is 20.1 Å². The first-order valence-electron chi connectivity index (χ1n) is 9.84. The van der Waals surface area contributed by atoms with Gasteiger partial charge in [-0.25, -0.2) is 0 Å². The molecule has 2 rings (SSSR count). The third-order valence-electron chi connectivity index (χ3n) is 5.30. The molecular formula is C21H35N3O3. The Bertz CT molecular complexity index is 594. The van der Waals surface area contributed by atoms with Crippen LogP contribution in [0, 0.1) is 11.8 Å². The Labute approximate surface area is 163 Å². The summed E-state index contributed by atoms with van der Waals surface area (Å²) in [6.45, 7) is 3.95. The molecule has 6 nitrogen and oxygen atoms in total. The summed E-state index contributed by atoms with van der Waals surface area (Å²) in [5.41, 5.74) is 1.04. The first-order valence-corrected chi connectivity index (χ1v) is 9.84. The van der Waals surface area contributed by atoms with Crippen LogP contribution >= 0.6 is 0 Å². The molecule has 0 heterocycles. The molecule has 27 heavy (non-hydrogen) atoms. The summed E-state index contributed by atoms with van der Waals surface area (Å²) in [6, 6.07) is 3.90. The number of rotatable bonds is 8. The summed E-state index contributed by atoms with van der Waals surface area (Å²) in [5.74, 6) is 4.45. The third-order valence-corrected chi connectivity index (χ3v) is 5.30. The van der Waals surface area contributed by atoms with E-state index in [0.717, 1.165) is 29.9 Å². The number of nitrogens with one attached hydrogen (secondary N) is 2. The maximum Gasteiger partial charge on any atom is 0.203 e. The highest BCUT2D eigenvalue weighted by molar-refractivity contribution is 5.79. The fourth-order valence-electron chi connectivity index (χ4n) is 3.86. The van der Waals surface area contributed by atoms with E-state index in [2.05, 4.69) is 22.5 Å². The van der Waals surface area contributed by atoms with Gasteiger partial charge in [-0.1, -0.05) is 26.2 Å². The first-order chi connectivity index (χ1) is 13.1. The molecule has 0 spiro atoms. The molecule has 2 atom stereocenters.